The standard InChI is InChI=1S/C16H8Cl2N4O2S/c17-10-2-1-9-11(22-4-3-19-7-22)5-8(20-14(9)13(10)18)6-12-15(23)21-16(24)25-12/h1-7H,(H,21,23,24). The molecule has 1 N–H and O–H groups in total. The molecular formula is C16H8Cl2N4O2S. The van der Waals surface area contributed by atoms with E-state index < -0.39 is 11.1 Å². The quantitative estimate of drug-likeness (QED) is 0.667. The lowest BCUT2D eigenvalue weighted by Gasteiger charge is -2.11. The topological polar surface area (TPSA) is 76.9 Å². The number of imide groups is 1. The van der Waals surface area contributed by atoms with Crippen molar-refractivity contribution in [1.29, 1.82) is 0 Å². The van der Waals surface area contributed by atoms with Crippen molar-refractivity contribution in [1.82, 2.24) is 19.9 Å². The van der Waals surface area contributed by atoms with Gasteiger partial charge in [0, 0.05) is 17.8 Å². The Labute approximate surface area is 155 Å². The van der Waals surface area contributed by atoms with Crippen molar-refractivity contribution in [3.63, 3.8) is 0 Å². The number of nitrogens with zero attached hydrogens (tertiary/aromatic N) is 3. The van der Waals surface area contributed by atoms with Crippen LogP contribution < -0.4 is 5.32 Å². The zero-order valence-electron chi connectivity index (χ0n) is 12.4. The van der Waals surface area contributed by atoms with Gasteiger partial charge >= 0.3 is 0 Å². The van der Waals surface area contributed by atoms with Gasteiger partial charge in [-0.3, -0.25) is 14.9 Å². The minimum Gasteiger partial charge on any atom is -0.306 e. The zero-order chi connectivity index (χ0) is 17.6. The molecule has 0 radical (unpaired) electrons. The predicted octanol–water partition coefficient (Wildman–Crippen LogP) is 4.05. The summed E-state index contributed by atoms with van der Waals surface area (Å²) < 4.78 is 1.81. The summed E-state index contributed by atoms with van der Waals surface area (Å²) >= 11 is 13.3. The predicted molar refractivity (Wildman–Crippen MR) is 98.0 cm³/mol. The van der Waals surface area contributed by atoms with Crippen molar-refractivity contribution in [2.45, 2.75) is 0 Å². The molecule has 0 spiro atoms. The first kappa shape index (κ1) is 16.1. The second-order valence-corrected chi connectivity index (χ2v) is 6.95. The number of hydrogen-bond acceptors (Lipinski definition) is 5. The molecule has 1 aliphatic heterocycles. The number of carbonyl (C=O) groups excluding carboxylic acids is 2. The summed E-state index contributed by atoms with van der Waals surface area (Å²) in [5, 5.41) is 3.29. The highest BCUT2D eigenvalue weighted by molar-refractivity contribution is 8.18. The first-order valence-corrected chi connectivity index (χ1v) is 8.62. The fraction of sp³-hybridized carbons (Fsp3) is 0. The summed E-state index contributed by atoms with van der Waals surface area (Å²) in [7, 11) is 0. The van der Waals surface area contributed by atoms with Gasteiger partial charge in [-0.1, -0.05) is 23.2 Å². The maximum atomic E-state index is 11.8. The normalized spacial score (nSPS) is 16.0. The van der Waals surface area contributed by atoms with E-state index in [1.165, 1.54) is 0 Å². The summed E-state index contributed by atoms with van der Waals surface area (Å²) in [6, 6.07) is 5.31. The minimum absolute atomic E-state index is 0.270. The van der Waals surface area contributed by atoms with Gasteiger partial charge in [-0.2, -0.15) is 0 Å². The van der Waals surface area contributed by atoms with Gasteiger partial charge in [0.25, 0.3) is 11.1 Å². The fourth-order valence-corrected chi connectivity index (χ4v) is 3.51. The zero-order valence-corrected chi connectivity index (χ0v) is 14.7. The summed E-state index contributed by atoms with van der Waals surface area (Å²) in [5.74, 6) is -0.446. The van der Waals surface area contributed by atoms with Crippen LogP contribution in [0.25, 0.3) is 22.7 Å². The van der Waals surface area contributed by atoms with Gasteiger partial charge in [-0.15, -0.1) is 0 Å². The van der Waals surface area contributed by atoms with E-state index in [4.69, 9.17) is 23.2 Å². The van der Waals surface area contributed by atoms with Crippen molar-refractivity contribution in [2.24, 2.45) is 0 Å². The third-order valence-corrected chi connectivity index (χ3v) is 5.18. The van der Waals surface area contributed by atoms with Crippen molar-refractivity contribution in [2.75, 3.05) is 0 Å². The van der Waals surface area contributed by atoms with E-state index in [0.717, 1.165) is 22.8 Å². The van der Waals surface area contributed by atoms with Crippen LogP contribution in [0.2, 0.25) is 10.0 Å². The van der Waals surface area contributed by atoms with Crippen LogP contribution in [0, 0.1) is 0 Å². The number of rotatable bonds is 2. The summed E-state index contributed by atoms with van der Waals surface area (Å²) in [6.07, 6.45) is 6.63. The number of nitrogens with one attached hydrogen (secondary N) is 1. The number of pyridine rings is 1. The van der Waals surface area contributed by atoms with Crippen LogP contribution in [-0.4, -0.2) is 25.7 Å². The number of carbonyl (C=O) groups is 2. The van der Waals surface area contributed by atoms with Gasteiger partial charge in [-0.05, 0) is 36.0 Å². The Morgan fingerprint density at radius 3 is 2.76 bits per heavy atom. The number of halogens is 2. The van der Waals surface area contributed by atoms with Crippen molar-refractivity contribution < 1.29 is 9.59 Å². The molecule has 1 aliphatic rings. The molecule has 0 unspecified atom stereocenters. The SMILES string of the molecule is O=C1NC(=O)C(=Cc2cc(-n3ccnc3)c3ccc(Cl)c(Cl)c3n2)S1. The Hall–Kier alpha value is -2.35. The van der Waals surface area contributed by atoms with Gasteiger partial charge in [0.1, 0.15) is 0 Å². The van der Waals surface area contributed by atoms with E-state index in [2.05, 4.69) is 15.3 Å². The third kappa shape index (κ3) is 2.90. The van der Waals surface area contributed by atoms with Crippen LogP contribution in [0.5, 0.6) is 0 Å². The number of thioether (sulfide) groups is 1. The maximum absolute atomic E-state index is 11.8. The molecule has 2 amide bonds. The Balaban J connectivity index is 1.97. The molecule has 1 aromatic carbocycles. The lowest BCUT2D eigenvalue weighted by atomic mass is 10.1. The molecule has 25 heavy (non-hydrogen) atoms. The Morgan fingerprint density at radius 1 is 1.24 bits per heavy atom. The maximum Gasteiger partial charge on any atom is 0.290 e. The fourth-order valence-electron chi connectivity index (χ4n) is 2.48. The number of hydrogen-bond donors (Lipinski definition) is 1. The molecule has 0 atom stereocenters. The van der Waals surface area contributed by atoms with Gasteiger partial charge in [0.05, 0.1) is 38.2 Å². The molecule has 3 heterocycles. The molecule has 9 heteroatoms. The van der Waals surface area contributed by atoms with Crippen LogP contribution >= 0.6 is 35.0 Å². The molecule has 3 aromatic rings. The minimum atomic E-state index is -0.446. The van der Waals surface area contributed by atoms with Gasteiger partial charge in [0.2, 0.25) is 0 Å². The van der Waals surface area contributed by atoms with E-state index in [9.17, 15) is 9.59 Å². The smallest absolute Gasteiger partial charge is 0.290 e. The molecular weight excluding hydrogens is 383 g/mol. The van der Waals surface area contributed by atoms with Crippen molar-refractivity contribution in [3.05, 3.63) is 57.6 Å². The van der Waals surface area contributed by atoms with Gasteiger partial charge in [-0.25, -0.2) is 9.97 Å². The Bertz CT molecular complexity index is 1060. The lowest BCUT2D eigenvalue weighted by Crippen LogP contribution is -2.17. The monoisotopic (exact) mass is 390 g/mol. The highest BCUT2D eigenvalue weighted by atomic mass is 35.5. The number of imidazole rings is 1. The van der Waals surface area contributed by atoms with E-state index in [1.54, 1.807) is 36.9 Å². The van der Waals surface area contributed by atoms with E-state index in [1.807, 2.05) is 10.6 Å². The molecule has 1 saturated heterocycles. The molecule has 1 fully saturated rings. The number of benzene rings is 1. The lowest BCUT2D eigenvalue weighted by molar-refractivity contribution is -0.115. The molecule has 0 saturated carbocycles. The molecule has 124 valence electrons. The van der Waals surface area contributed by atoms with Gasteiger partial charge < -0.3 is 4.57 Å². The summed E-state index contributed by atoms with van der Waals surface area (Å²) in [5.41, 5.74) is 1.76. The molecule has 0 aliphatic carbocycles. The Kier molecular flexibility index (Phi) is 3.99. The first-order valence-electron chi connectivity index (χ1n) is 7.05. The van der Waals surface area contributed by atoms with E-state index >= 15 is 0 Å². The van der Waals surface area contributed by atoms with Gasteiger partial charge in [0.15, 0.2) is 0 Å². The molecule has 6 nitrogen and oxygen atoms in total. The second-order valence-electron chi connectivity index (χ2n) is 5.15. The van der Waals surface area contributed by atoms with Crippen LogP contribution in [-0.2, 0) is 4.79 Å². The summed E-state index contributed by atoms with van der Waals surface area (Å²) in [6.45, 7) is 0. The van der Waals surface area contributed by atoms with Crippen LogP contribution in [0.15, 0.2) is 41.8 Å². The van der Waals surface area contributed by atoms with E-state index in [0.29, 0.717) is 21.3 Å². The third-order valence-electron chi connectivity index (χ3n) is 3.57. The molecule has 0 bridgehead atoms. The highest BCUT2D eigenvalue weighted by Gasteiger charge is 2.25. The number of aromatic nitrogens is 3. The summed E-state index contributed by atoms with van der Waals surface area (Å²) in [4.78, 5) is 31.9. The van der Waals surface area contributed by atoms with Crippen LogP contribution in [0.3, 0.4) is 0 Å². The Morgan fingerprint density at radius 2 is 2.08 bits per heavy atom. The second kappa shape index (κ2) is 6.18. The number of amides is 2. The number of fused-ring (bicyclic) bond motifs is 1. The van der Waals surface area contributed by atoms with Crippen LogP contribution in [0.1, 0.15) is 5.69 Å². The van der Waals surface area contributed by atoms with Crippen molar-refractivity contribution in [3.8, 4) is 5.69 Å². The van der Waals surface area contributed by atoms with Crippen LogP contribution in [0.4, 0.5) is 4.79 Å². The molecule has 2 aromatic heterocycles. The average molecular weight is 391 g/mol. The molecule has 4 rings (SSSR count). The van der Waals surface area contributed by atoms with E-state index in [-0.39, 0.29) is 4.91 Å². The largest absolute Gasteiger partial charge is 0.306 e. The van der Waals surface area contributed by atoms with Crippen molar-refractivity contribution >= 4 is 63.1 Å². The first-order chi connectivity index (χ1) is 12.0. The highest BCUT2D eigenvalue weighted by Crippen LogP contribution is 2.34. The average Bonchev–Trinajstić information content (AvgIpc) is 3.21.